The van der Waals surface area contributed by atoms with E-state index in [0.29, 0.717) is 31.0 Å². The molecule has 0 bridgehead atoms. The van der Waals surface area contributed by atoms with Crippen molar-refractivity contribution in [3.63, 3.8) is 0 Å². The highest BCUT2D eigenvalue weighted by Gasteiger charge is 2.28. The molecule has 1 fully saturated rings. The minimum Gasteiger partial charge on any atom is -0.493 e. The SMILES string of the molecule is CCCCCN(NCCc1ccc(OC)c(OC)c1)C(=O)CCOC(=O)N(c1ccccc1-c1ccccc1)N1CCCCC1. The van der Waals surface area contributed by atoms with Crippen molar-refractivity contribution in [2.45, 2.75) is 58.3 Å². The predicted octanol–water partition coefficient (Wildman–Crippen LogP) is 6.87. The van der Waals surface area contributed by atoms with E-state index in [4.69, 9.17) is 14.2 Å². The van der Waals surface area contributed by atoms with Gasteiger partial charge in [0.15, 0.2) is 11.5 Å². The van der Waals surface area contributed by atoms with E-state index in [9.17, 15) is 9.59 Å². The summed E-state index contributed by atoms with van der Waals surface area (Å²) in [5.74, 6) is 1.26. The highest BCUT2D eigenvalue weighted by atomic mass is 16.6. The van der Waals surface area contributed by atoms with Gasteiger partial charge in [-0.15, -0.1) is 0 Å². The maximum absolute atomic E-state index is 13.7. The number of rotatable bonds is 16. The average Bonchev–Trinajstić information content (AvgIpc) is 3.08. The zero-order chi connectivity index (χ0) is 31.9. The number of nitrogens with one attached hydrogen (secondary N) is 1. The third kappa shape index (κ3) is 9.70. The number of para-hydroxylation sites is 1. The number of carbonyl (C=O) groups is 2. The lowest BCUT2D eigenvalue weighted by Gasteiger charge is -2.37. The molecule has 1 aliphatic rings. The van der Waals surface area contributed by atoms with Gasteiger partial charge >= 0.3 is 6.09 Å². The number of ether oxygens (including phenoxy) is 3. The van der Waals surface area contributed by atoms with Gasteiger partial charge in [-0.05, 0) is 55.0 Å². The molecule has 3 aromatic carbocycles. The number of hydrogen-bond acceptors (Lipinski definition) is 7. The van der Waals surface area contributed by atoms with Crippen molar-refractivity contribution in [2.75, 3.05) is 52.0 Å². The van der Waals surface area contributed by atoms with E-state index < -0.39 is 6.09 Å². The van der Waals surface area contributed by atoms with E-state index in [2.05, 4.69) is 17.4 Å². The average molecular weight is 617 g/mol. The first kappa shape index (κ1) is 33.8. The first-order valence-corrected chi connectivity index (χ1v) is 16.2. The van der Waals surface area contributed by atoms with Crippen LogP contribution in [-0.4, -0.2) is 69.0 Å². The molecule has 1 saturated heterocycles. The van der Waals surface area contributed by atoms with Crippen LogP contribution in [0.2, 0.25) is 0 Å². The van der Waals surface area contributed by atoms with Gasteiger partial charge in [0.25, 0.3) is 0 Å². The fourth-order valence-electron chi connectivity index (χ4n) is 5.57. The van der Waals surface area contributed by atoms with Crippen molar-refractivity contribution in [1.29, 1.82) is 0 Å². The normalized spacial score (nSPS) is 13.2. The zero-order valence-corrected chi connectivity index (χ0v) is 27.0. The van der Waals surface area contributed by atoms with Crippen molar-refractivity contribution < 1.29 is 23.8 Å². The first-order valence-electron chi connectivity index (χ1n) is 16.2. The number of hydrazine groups is 2. The molecule has 0 spiro atoms. The Bertz CT molecular complexity index is 1350. The summed E-state index contributed by atoms with van der Waals surface area (Å²) in [5, 5.41) is 5.42. The van der Waals surface area contributed by atoms with Crippen LogP contribution in [0.5, 0.6) is 11.5 Å². The Labute approximate surface area is 268 Å². The number of methoxy groups -OCH3 is 2. The van der Waals surface area contributed by atoms with Crippen molar-refractivity contribution in [1.82, 2.24) is 15.4 Å². The Morgan fingerprint density at radius 1 is 0.867 bits per heavy atom. The number of piperidine rings is 1. The number of unbranched alkanes of at least 4 members (excludes halogenated alkanes) is 2. The molecule has 0 saturated carbocycles. The van der Waals surface area contributed by atoms with E-state index in [0.717, 1.165) is 74.0 Å². The molecule has 9 heteroatoms. The lowest BCUT2D eigenvalue weighted by atomic mass is 10.0. The molecule has 0 aliphatic carbocycles. The van der Waals surface area contributed by atoms with E-state index >= 15 is 0 Å². The second-order valence-corrected chi connectivity index (χ2v) is 11.2. The van der Waals surface area contributed by atoms with Gasteiger partial charge in [-0.1, -0.05) is 80.8 Å². The van der Waals surface area contributed by atoms with Gasteiger partial charge in [0, 0.05) is 31.7 Å². The van der Waals surface area contributed by atoms with Crippen molar-refractivity contribution >= 4 is 17.7 Å². The summed E-state index contributed by atoms with van der Waals surface area (Å²) in [5.41, 5.74) is 7.14. The minimum absolute atomic E-state index is 0.00283. The molecule has 0 atom stereocenters. The predicted molar refractivity (Wildman–Crippen MR) is 178 cm³/mol. The maximum atomic E-state index is 13.7. The summed E-state index contributed by atoms with van der Waals surface area (Å²) in [6.45, 7) is 4.85. The molecular formula is C36H48N4O5. The summed E-state index contributed by atoms with van der Waals surface area (Å²) in [6.07, 6.45) is 6.48. The van der Waals surface area contributed by atoms with Gasteiger partial charge in [0.1, 0.15) is 6.61 Å². The second-order valence-electron chi connectivity index (χ2n) is 11.2. The fourth-order valence-corrected chi connectivity index (χ4v) is 5.57. The Kier molecular flexibility index (Phi) is 13.5. The molecule has 1 N–H and O–H groups in total. The smallest absolute Gasteiger partial charge is 0.429 e. The molecule has 242 valence electrons. The molecule has 1 aliphatic heterocycles. The van der Waals surface area contributed by atoms with Crippen LogP contribution >= 0.6 is 0 Å². The first-order chi connectivity index (χ1) is 22.0. The molecule has 9 nitrogen and oxygen atoms in total. The van der Waals surface area contributed by atoms with Crippen molar-refractivity contribution in [3.8, 4) is 22.6 Å². The maximum Gasteiger partial charge on any atom is 0.429 e. The molecule has 45 heavy (non-hydrogen) atoms. The van der Waals surface area contributed by atoms with E-state index in [1.807, 2.05) is 72.8 Å². The summed E-state index contributed by atoms with van der Waals surface area (Å²) in [7, 11) is 3.24. The molecule has 0 aromatic heterocycles. The summed E-state index contributed by atoms with van der Waals surface area (Å²) in [4.78, 5) is 27.1. The molecule has 0 radical (unpaired) electrons. The number of anilines is 1. The molecule has 2 amide bonds. The number of carbonyl (C=O) groups excluding carboxylic acids is 2. The molecule has 1 heterocycles. The van der Waals surface area contributed by atoms with Crippen LogP contribution in [0.1, 0.15) is 57.4 Å². The Morgan fingerprint density at radius 2 is 1.60 bits per heavy atom. The van der Waals surface area contributed by atoms with E-state index in [1.165, 1.54) is 0 Å². The summed E-state index contributed by atoms with van der Waals surface area (Å²) >= 11 is 0. The standard InChI is InChI=1S/C36H48N4O5/c1-4-5-12-26-39(37-23-21-29-19-20-33(43-2)34(28-29)44-3)35(41)22-27-45-36(42)40(38-24-13-7-14-25-38)32-18-11-10-17-31(32)30-15-8-6-9-16-30/h6,8-11,15-20,28,37H,4-5,7,12-14,21-27H2,1-3H3. The Hall–Kier alpha value is -4.08. The van der Waals surface area contributed by atoms with Gasteiger partial charge in [-0.2, -0.15) is 0 Å². The van der Waals surface area contributed by atoms with Gasteiger partial charge < -0.3 is 14.2 Å². The van der Waals surface area contributed by atoms with E-state index in [-0.39, 0.29) is 18.9 Å². The Balaban J connectivity index is 1.39. The van der Waals surface area contributed by atoms with Crippen LogP contribution in [0.15, 0.2) is 72.8 Å². The minimum atomic E-state index is -0.466. The van der Waals surface area contributed by atoms with Crippen molar-refractivity contribution in [2.24, 2.45) is 0 Å². The van der Waals surface area contributed by atoms with Gasteiger partial charge in [0.05, 0.1) is 26.3 Å². The molecular weight excluding hydrogens is 568 g/mol. The largest absolute Gasteiger partial charge is 0.493 e. The zero-order valence-electron chi connectivity index (χ0n) is 27.0. The number of benzene rings is 3. The third-order valence-corrected chi connectivity index (χ3v) is 8.00. The van der Waals surface area contributed by atoms with Crippen LogP contribution in [-0.2, 0) is 16.0 Å². The summed E-state index contributed by atoms with van der Waals surface area (Å²) in [6, 6.07) is 23.8. The summed E-state index contributed by atoms with van der Waals surface area (Å²) < 4.78 is 16.6. The molecule has 0 unspecified atom stereocenters. The van der Waals surface area contributed by atoms with Crippen LogP contribution < -0.4 is 19.9 Å². The second kappa shape index (κ2) is 18.0. The lowest BCUT2D eigenvalue weighted by Crippen LogP contribution is -2.50. The van der Waals surface area contributed by atoms with Gasteiger partial charge in [0.2, 0.25) is 5.91 Å². The van der Waals surface area contributed by atoms with Crippen LogP contribution in [0.4, 0.5) is 10.5 Å². The Morgan fingerprint density at radius 3 is 2.33 bits per heavy atom. The monoisotopic (exact) mass is 616 g/mol. The van der Waals surface area contributed by atoms with Crippen LogP contribution in [0.3, 0.4) is 0 Å². The highest BCUT2D eigenvalue weighted by molar-refractivity contribution is 5.93. The van der Waals surface area contributed by atoms with Crippen LogP contribution in [0, 0.1) is 0 Å². The molecule has 4 rings (SSSR count). The lowest BCUT2D eigenvalue weighted by molar-refractivity contribution is -0.135. The number of nitrogens with zero attached hydrogens (tertiary/aromatic N) is 3. The van der Waals surface area contributed by atoms with Gasteiger partial charge in [-0.3, -0.25) is 9.80 Å². The number of hydrogen-bond donors (Lipinski definition) is 1. The quantitative estimate of drug-likeness (QED) is 0.139. The van der Waals surface area contributed by atoms with Crippen molar-refractivity contribution in [3.05, 3.63) is 78.4 Å². The topological polar surface area (TPSA) is 83.6 Å². The van der Waals surface area contributed by atoms with Crippen LogP contribution in [0.25, 0.3) is 11.1 Å². The van der Waals surface area contributed by atoms with E-state index in [1.54, 1.807) is 24.2 Å². The fraction of sp³-hybridized carbons (Fsp3) is 0.444. The van der Waals surface area contributed by atoms with Gasteiger partial charge in [-0.25, -0.2) is 20.2 Å². The third-order valence-electron chi connectivity index (χ3n) is 8.00. The number of amides is 2. The highest BCUT2D eigenvalue weighted by Crippen LogP contribution is 2.33. The molecule has 3 aromatic rings.